The quantitative estimate of drug-likeness (QED) is 0.528. The second-order valence-corrected chi connectivity index (χ2v) is 5.86. The maximum atomic E-state index is 12.0. The number of para-hydroxylation sites is 1. The van der Waals surface area contributed by atoms with Crippen LogP contribution >= 0.6 is 0 Å². The Labute approximate surface area is 152 Å². The number of nitrogens with one attached hydrogen (secondary N) is 2. The molecule has 3 aromatic carbocycles. The number of aryl methyl sites for hydroxylation is 1. The van der Waals surface area contributed by atoms with E-state index in [2.05, 4.69) is 15.8 Å². The van der Waals surface area contributed by atoms with Gasteiger partial charge in [0, 0.05) is 11.3 Å². The molecule has 2 N–H and O–H groups in total. The van der Waals surface area contributed by atoms with Crippen LogP contribution in [0.25, 0.3) is 10.8 Å². The topological polar surface area (TPSA) is 62.7 Å². The third-order valence-electron chi connectivity index (χ3n) is 4.12. The van der Waals surface area contributed by atoms with E-state index in [1.165, 1.54) is 0 Å². The van der Waals surface area contributed by atoms with Crippen LogP contribution in [0, 0.1) is 6.92 Å². The molecule has 0 aromatic heterocycles. The van der Waals surface area contributed by atoms with E-state index in [4.69, 9.17) is 4.74 Å². The molecule has 0 aliphatic rings. The van der Waals surface area contributed by atoms with Gasteiger partial charge in [-0.25, -0.2) is 5.43 Å². The fraction of sp³-hybridized carbons (Fsp3) is 0.143. The van der Waals surface area contributed by atoms with Gasteiger partial charge in [0.05, 0.1) is 19.9 Å². The molecule has 132 valence electrons. The van der Waals surface area contributed by atoms with E-state index in [1.54, 1.807) is 13.3 Å². The van der Waals surface area contributed by atoms with E-state index >= 15 is 0 Å². The number of carbonyl (C=O) groups is 1. The van der Waals surface area contributed by atoms with Crippen molar-refractivity contribution in [2.75, 3.05) is 19.0 Å². The van der Waals surface area contributed by atoms with Crippen LogP contribution in [0.2, 0.25) is 0 Å². The average Bonchev–Trinajstić information content (AvgIpc) is 2.67. The molecule has 0 aliphatic heterocycles. The molecule has 0 aliphatic carbocycles. The number of rotatable bonds is 6. The lowest BCUT2D eigenvalue weighted by atomic mass is 10.0. The molecule has 0 bridgehead atoms. The highest BCUT2D eigenvalue weighted by molar-refractivity contribution is 6.02. The molecule has 5 nitrogen and oxygen atoms in total. The molecule has 5 heteroatoms. The van der Waals surface area contributed by atoms with Gasteiger partial charge in [-0.15, -0.1) is 0 Å². The summed E-state index contributed by atoms with van der Waals surface area (Å²) < 4.78 is 5.41. The molecule has 0 unspecified atom stereocenters. The Hall–Kier alpha value is -3.34. The van der Waals surface area contributed by atoms with Crippen molar-refractivity contribution in [3.05, 3.63) is 71.8 Å². The Bertz CT molecular complexity index is 951. The normalized spacial score (nSPS) is 10.8. The molecule has 0 saturated heterocycles. The largest absolute Gasteiger partial charge is 0.496 e. The van der Waals surface area contributed by atoms with Crippen LogP contribution in [0.5, 0.6) is 5.75 Å². The zero-order valence-corrected chi connectivity index (χ0v) is 14.8. The minimum Gasteiger partial charge on any atom is -0.496 e. The summed E-state index contributed by atoms with van der Waals surface area (Å²) in [7, 11) is 1.62. The Kier molecular flexibility index (Phi) is 5.49. The second kappa shape index (κ2) is 8.16. The van der Waals surface area contributed by atoms with Gasteiger partial charge in [0.25, 0.3) is 5.91 Å². The highest BCUT2D eigenvalue weighted by Crippen LogP contribution is 2.26. The zero-order valence-electron chi connectivity index (χ0n) is 14.8. The van der Waals surface area contributed by atoms with E-state index in [0.717, 1.165) is 27.6 Å². The maximum absolute atomic E-state index is 12.0. The molecule has 0 spiro atoms. The number of anilines is 1. The number of methoxy groups -OCH3 is 1. The summed E-state index contributed by atoms with van der Waals surface area (Å²) in [6.45, 7) is 2.14. The molecule has 0 radical (unpaired) electrons. The van der Waals surface area contributed by atoms with Crippen LogP contribution in [0.1, 0.15) is 11.1 Å². The zero-order chi connectivity index (χ0) is 18.4. The number of hydrogen-bond donors (Lipinski definition) is 2. The number of carbonyl (C=O) groups excluding carboxylic acids is 1. The third-order valence-corrected chi connectivity index (χ3v) is 4.12. The van der Waals surface area contributed by atoms with E-state index in [9.17, 15) is 4.79 Å². The van der Waals surface area contributed by atoms with Crippen molar-refractivity contribution in [2.24, 2.45) is 5.10 Å². The van der Waals surface area contributed by atoms with Crippen molar-refractivity contribution in [3.8, 4) is 5.75 Å². The highest BCUT2D eigenvalue weighted by Gasteiger charge is 2.06. The van der Waals surface area contributed by atoms with Crippen molar-refractivity contribution in [3.63, 3.8) is 0 Å². The number of hydrogen-bond acceptors (Lipinski definition) is 4. The van der Waals surface area contributed by atoms with Crippen molar-refractivity contribution >= 4 is 28.6 Å². The summed E-state index contributed by atoms with van der Waals surface area (Å²) in [5.41, 5.74) is 5.40. The predicted octanol–water partition coefficient (Wildman–Crippen LogP) is 3.72. The highest BCUT2D eigenvalue weighted by atomic mass is 16.5. The first kappa shape index (κ1) is 17.5. The summed E-state index contributed by atoms with van der Waals surface area (Å²) in [5.74, 6) is 0.489. The lowest BCUT2D eigenvalue weighted by Gasteiger charge is -2.09. The van der Waals surface area contributed by atoms with Crippen molar-refractivity contribution in [1.29, 1.82) is 0 Å². The standard InChI is InChI=1S/C21H21N3O2/c1-15-7-3-6-10-19(15)22-14-21(25)24-23-13-18-17-9-5-4-8-16(17)11-12-20(18)26-2/h3-13,22H,14H2,1-2H3,(H,24,25)/b23-13+. The molecule has 0 heterocycles. The number of amides is 1. The average molecular weight is 347 g/mol. The second-order valence-electron chi connectivity index (χ2n) is 5.86. The Morgan fingerprint density at radius 3 is 2.65 bits per heavy atom. The molecule has 3 aromatic rings. The Morgan fingerprint density at radius 1 is 1.08 bits per heavy atom. The minimum absolute atomic E-state index is 0.148. The smallest absolute Gasteiger partial charge is 0.259 e. The summed E-state index contributed by atoms with van der Waals surface area (Å²) in [6.07, 6.45) is 1.62. The first-order valence-electron chi connectivity index (χ1n) is 8.36. The van der Waals surface area contributed by atoms with E-state index in [0.29, 0.717) is 5.75 Å². The van der Waals surface area contributed by atoms with Gasteiger partial charge in [0.15, 0.2) is 0 Å². The van der Waals surface area contributed by atoms with E-state index < -0.39 is 0 Å². The first-order valence-corrected chi connectivity index (χ1v) is 8.36. The van der Waals surface area contributed by atoms with Crippen LogP contribution < -0.4 is 15.5 Å². The predicted molar refractivity (Wildman–Crippen MR) is 106 cm³/mol. The lowest BCUT2D eigenvalue weighted by molar-refractivity contribution is -0.119. The van der Waals surface area contributed by atoms with E-state index in [1.807, 2.05) is 67.6 Å². The van der Waals surface area contributed by atoms with Gasteiger partial charge in [0.2, 0.25) is 0 Å². The summed E-state index contributed by atoms with van der Waals surface area (Å²) in [5, 5.41) is 9.30. The molecule has 0 fully saturated rings. The summed E-state index contributed by atoms with van der Waals surface area (Å²) in [6, 6.07) is 19.7. The molecule has 1 amide bonds. The maximum Gasteiger partial charge on any atom is 0.259 e. The fourth-order valence-corrected chi connectivity index (χ4v) is 2.74. The van der Waals surface area contributed by atoms with Crippen LogP contribution in [0.4, 0.5) is 5.69 Å². The molecule has 0 atom stereocenters. The first-order chi connectivity index (χ1) is 12.7. The number of fused-ring (bicyclic) bond motifs is 1. The van der Waals surface area contributed by atoms with Gasteiger partial charge in [-0.1, -0.05) is 48.5 Å². The van der Waals surface area contributed by atoms with Crippen LogP contribution in [0.3, 0.4) is 0 Å². The Balaban J connectivity index is 1.68. The van der Waals surface area contributed by atoms with Crippen LogP contribution in [-0.2, 0) is 4.79 Å². The van der Waals surface area contributed by atoms with Gasteiger partial charge >= 0.3 is 0 Å². The van der Waals surface area contributed by atoms with Crippen LogP contribution in [0.15, 0.2) is 65.8 Å². The number of benzene rings is 3. The van der Waals surface area contributed by atoms with Gasteiger partial charge < -0.3 is 10.1 Å². The summed E-state index contributed by atoms with van der Waals surface area (Å²) >= 11 is 0. The SMILES string of the molecule is COc1ccc2ccccc2c1/C=N/NC(=O)CNc1ccccc1C. The molecular formula is C21H21N3O2. The van der Waals surface area contributed by atoms with Gasteiger partial charge in [-0.2, -0.15) is 5.10 Å². The monoisotopic (exact) mass is 347 g/mol. The third kappa shape index (κ3) is 4.00. The Morgan fingerprint density at radius 2 is 1.85 bits per heavy atom. The van der Waals surface area contributed by atoms with Gasteiger partial charge in [0.1, 0.15) is 5.75 Å². The minimum atomic E-state index is -0.219. The lowest BCUT2D eigenvalue weighted by Crippen LogP contribution is -2.26. The van der Waals surface area contributed by atoms with Crippen molar-refractivity contribution < 1.29 is 9.53 Å². The fourth-order valence-electron chi connectivity index (χ4n) is 2.74. The van der Waals surface area contributed by atoms with Crippen molar-refractivity contribution in [2.45, 2.75) is 6.92 Å². The van der Waals surface area contributed by atoms with Crippen LogP contribution in [-0.4, -0.2) is 25.8 Å². The molecular weight excluding hydrogens is 326 g/mol. The molecule has 3 rings (SSSR count). The molecule has 0 saturated carbocycles. The van der Waals surface area contributed by atoms with Gasteiger partial charge in [-0.05, 0) is 35.4 Å². The van der Waals surface area contributed by atoms with Crippen molar-refractivity contribution in [1.82, 2.24) is 5.43 Å². The number of hydrazone groups is 1. The summed E-state index contributed by atoms with van der Waals surface area (Å²) in [4.78, 5) is 12.0. The molecule has 26 heavy (non-hydrogen) atoms. The van der Waals surface area contributed by atoms with E-state index in [-0.39, 0.29) is 12.5 Å². The number of ether oxygens (including phenoxy) is 1. The van der Waals surface area contributed by atoms with Gasteiger partial charge in [-0.3, -0.25) is 4.79 Å². The number of nitrogens with zero attached hydrogens (tertiary/aromatic N) is 1.